The first-order chi connectivity index (χ1) is 9.22. The van der Waals surface area contributed by atoms with E-state index >= 15 is 0 Å². The standard InChI is InChI=1S/C16H30O3/c1-2-3-4-5-6-7-8-9-10-11-12-13-15(14-17)16(18)19/h14-15H,2-13H2,1H3,(H,18,19). The second-order valence-electron chi connectivity index (χ2n) is 5.41. The highest BCUT2D eigenvalue weighted by molar-refractivity contribution is 5.86. The molecule has 0 aromatic carbocycles. The summed E-state index contributed by atoms with van der Waals surface area (Å²) in [4.78, 5) is 21.1. The van der Waals surface area contributed by atoms with Crippen LogP contribution >= 0.6 is 0 Å². The van der Waals surface area contributed by atoms with Crippen molar-refractivity contribution in [3.8, 4) is 0 Å². The van der Waals surface area contributed by atoms with Gasteiger partial charge in [-0.1, -0.05) is 77.6 Å². The normalized spacial score (nSPS) is 12.3. The molecule has 0 saturated carbocycles. The molecule has 0 aliphatic rings. The van der Waals surface area contributed by atoms with Gasteiger partial charge in [-0.05, 0) is 6.42 Å². The number of hydrogen-bond acceptors (Lipinski definition) is 2. The Morgan fingerprint density at radius 2 is 1.32 bits per heavy atom. The van der Waals surface area contributed by atoms with Crippen LogP contribution in [0.25, 0.3) is 0 Å². The molecule has 0 bridgehead atoms. The zero-order valence-corrected chi connectivity index (χ0v) is 12.4. The van der Waals surface area contributed by atoms with Gasteiger partial charge in [-0.3, -0.25) is 4.79 Å². The topological polar surface area (TPSA) is 54.4 Å². The second-order valence-corrected chi connectivity index (χ2v) is 5.41. The molecule has 112 valence electrons. The van der Waals surface area contributed by atoms with Crippen LogP contribution in [0.2, 0.25) is 0 Å². The van der Waals surface area contributed by atoms with Crippen molar-refractivity contribution in [3.63, 3.8) is 0 Å². The predicted molar refractivity (Wildman–Crippen MR) is 78.3 cm³/mol. The van der Waals surface area contributed by atoms with Crippen LogP contribution in [0.1, 0.15) is 84.0 Å². The first-order valence-corrected chi connectivity index (χ1v) is 7.90. The highest BCUT2D eigenvalue weighted by Crippen LogP contribution is 2.13. The number of aliphatic carboxylic acids is 1. The fourth-order valence-corrected chi connectivity index (χ4v) is 2.28. The van der Waals surface area contributed by atoms with Crippen molar-refractivity contribution in [3.05, 3.63) is 0 Å². The third-order valence-electron chi connectivity index (χ3n) is 3.60. The van der Waals surface area contributed by atoms with Crippen molar-refractivity contribution in [1.29, 1.82) is 0 Å². The number of carbonyl (C=O) groups is 2. The molecular formula is C16H30O3. The molecule has 0 spiro atoms. The average Bonchev–Trinajstić information content (AvgIpc) is 2.40. The van der Waals surface area contributed by atoms with Crippen molar-refractivity contribution in [2.45, 2.75) is 84.0 Å². The minimum absolute atomic E-state index is 0.496. The molecule has 0 aromatic rings. The largest absolute Gasteiger partial charge is 0.481 e. The van der Waals surface area contributed by atoms with Gasteiger partial charge in [0.15, 0.2) is 0 Å². The third kappa shape index (κ3) is 11.9. The minimum atomic E-state index is -0.984. The van der Waals surface area contributed by atoms with Crippen molar-refractivity contribution in [1.82, 2.24) is 0 Å². The molecule has 0 fully saturated rings. The maximum atomic E-state index is 10.6. The average molecular weight is 270 g/mol. The number of rotatable bonds is 14. The molecule has 0 heterocycles. The fraction of sp³-hybridized carbons (Fsp3) is 0.875. The Morgan fingerprint density at radius 1 is 0.895 bits per heavy atom. The molecule has 3 heteroatoms. The summed E-state index contributed by atoms with van der Waals surface area (Å²) in [5.41, 5.74) is 0. The van der Waals surface area contributed by atoms with Crippen LogP contribution in [0, 0.1) is 5.92 Å². The van der Waals surface area contributed by atoms with Crippen LogP contribution in [0.3, 0.4) is 0 Å². The fourth-order valence-electron chi connectivity index (χ4n) is 2.28. The van der Waals surface area contributed by atoms with E-state index in [1.165, 1.54) is 57.8 Å². The Bertz CT molecular complexity index is 226. The zero-order chi connectivity index (χ0) is 14.3. The molecule has 0 radical (unpaired) electrons. The van der Waals surface area contributed by atoms with Gasteiger partial charge in [0.2, 0.25) is 0 Å². The summed E-state index contributed by atoms with van der Waals surface area (Å²) in [7, 11) is 0. The first kappa shape index (κ1) is 18.1. The van der Waals surface area contributed by atoms with Gasteiger partial charge < -0.3 is 9.90 Å². The van der Waals surface area contributed by atoms with Crippen molar-refractivity contribution in [2.24, 2.45) is 5.92 Å². The molecule has 0 aliphatic heterocycles. The Hall–Kier alpha value is -0.860. The highest BCUT2D eigenvalue weighted by Gasteiger charge is 2.14. The molecule has 1 N–H and O–H groups in total. The van der Waals surface area contributed by atoms with E-state index < -0.39 is 11.9 Å². The van der Waals surface area contributed by atoms with E-state index in [0.29, 0.717) is 12.7 Å². The van der Waals surface area contributed by atoms with Crippen molar-refractivity contribution >= 4 is 12.3 Å². The molecular weight excluding hydrogens is 240 g/mol. The zero-order valence-electron chi connectivity index (χ0n) is 12.4. The van der Waals surface area contributed by atoms with Crippen molar-refractivity contribution in [2.75, 3.05) is 0 Å². The van der Waals surface area contributed by atoms with Crippen LogP contribution < -0.4 is 0 Å². The smallest absolute Gasteiger partial charge is 0.313 e. The summed E-state index contributed by atoms with van der Waals surface area (Å²) in [6, 6.07) is 0. The number of aldehydes is 1. The van der Waals surface area contributed by atoms with E-state index in [-0.39, 0.29) is 0 Å². The monoisotopic (exact) mass is 270 g/mol. The molecule has 0 rings (SSSR count). The number of carboxylic acids is 1. The van der Waals surface area contributed by atoms with Gasteiger partial charge in [0, 0.05) is 0 Å². The first-order valence-electron chi connectivity index (χ1n) is 7.90. The lowest BCUT2D eigenvalue weighted by Crippen LogP contribution is -2.14. The summed E-state index contributed by atoms with van der Waals surface area (Å²) < 4.78 is 0. The number of carbonyl (C=O) groups excluding carboxylic acids is 1. The molecule has 0 amide bonds. The molecule has 1 atom stereocenters. The lowest BCUT2D eigenvalue weighted by Gasteiger charge is -2.05. The van der Waals surface area contributed by atoms with E-state index in [4.69, 9.17) is 5.11 Å². The summed E-state index contributed by atoms with van der Waals surface area (Å²) in [5.74, 6) is -1.78. The van der Waals surface area contributed by atoms with E-state index in [1.54, 1.807) is 0 Å². The maximum absolute atomic E-state index is 10.6. The van der Waals surface area contributed by atoms with Crippen LogP contribution in [-0.2, 0) is 9.59 Å². The van der Waals surface area contributed by atoms with Crippen LogP contribution in [0.4, 0.5) is 0 Å². The van der Waals surface area contributed by atoms with Gasteiger partial charge in [-0.2, -0.15) is 0 Å². The Labute approximate surface area is 117 Å². The summed E-state index contributed by atoms with van der Waals surface area (Å²) in [5, 5.41) is 8.70. The summed E-state index contributed by atoms with van der Waals surface area (Å²) in [6.45, 7) is 2.24. The molecule has 1 unspecified atom stereocenters. The van der Waals surface area contributed by atoms with Gasteiger partial charge in [0.25, 0.3) is 0 Å². The lowest BCUT2D eigenvalue weighted by atomic mass is 10.0. The van der Waals surface area contributed by atoms with Gasteiger partial charge in [-0.25, -0.2) is 0 Å². The molecule has 3 nitrogen and oxygen atoms in total. The Balaban J connectivity index is 3.18. The highest BCUT2D eigenvalue weighted by atomic mass is 16.4. The van der Waals surface area contributed by atoms with Crippen LogP contribution in [0.5, 0.6) is 0 Å². The quantitative estimate of drug-likeness (QED) is 0.285. The Kier molecular flexibility index (Phi) is 13.0. The van der Waals surface area contributed by atoms with Gasteiger partial charge in [0.05, 0.1) is 0 Å². The van der Waals surface area contributed by atoms with E-state index in [1.807, 2.05) is 0 Å². The number of unbranched alkanes of at least 4 members (excludes halogenated alkanes) is 10. The summed E-state index contributed by atoms with van der Waals surface area (Å²) >= 11 is 0. The third-order valence-corrected chi connectivity index (χ3v) is 3.60. The van der Waals surface area contributed by atoms with E-state index in [2.05, 4.69) is 6.92 Å². The molecule has 0 saturated heterocycles. The summed E-state index contributed by atoms with van der Waals surface area (Å²) in [6.07, 6.45) is 14.7. The van der Waals surface area contributed by atoms with Gasteiger partial charge in [0.1, 0.15) is 12.2 Å². The number of hydrogen-bond donors (Lipinski definition) is 1. The van der Waals surface area contributed by atoms with Gasteiger partial charge >= 0.3 is 5.97 Å². The number of carboxylic acid groups (broad SMARTS) is 1. The molecule has 0 aliphatic carbocycles. The van der Waals surface area contributed by atoms with Crippen molar-refractivity contribution < 1.29 is 14.7 Å². The second kappa shape index (κ2) is 13.6. The SMILES string of the molecule is CCCCCCCCCCCCCC(C=O)C(=O)O. The van der Waals surface area contributed by atoms with E-state index in [0.717, 1.165) is 12.8 Å². The molecule has 19 heavy (non-hydrogen) atoms. The Morgan fingerprint density at radius 3 is 1.68 bits per heavy atom. The van der Waals surface area contributed by atoms with E-state index in [9.17, 15) is 9.59 Å². The lowest BCUT2D eigenvalue weighted by molar-refractivity contribution is -0.143. The van der Waals surface area contributed by atoms with Crippen LogP contribution in [-0.4, -0.2) is 17.4 Å². The predicted octanol–water partition coefficient (Wildman–Crippen LogP) is 4.59. The van der Waals surface area contributed by atoms with Crippen LogP contribution in [0.15, 0.2) is 0 Å². The van der Waals surface area contributed by atoms with Gasteiger partial charge in [-0.15, -0.1) is 0 Å². The minimum Gasteiger partial charge on any atom is -0.481 e. The maximum Gasteiger partial charge on any atom is 0.313 e. The molecule has 0 aromatic heterocycles.